The summed E-state index contributed by atoms with van der Waals surface area (Å²) in [5, 5.41) is 9.71. The zero-order valence-corrected chi connectivity index (χ0v) is 11.8. The van der Waals surface area contributed by atoms with Crippen LogP contribution in [0.4, 0.5) is 8.78 Å². The molecule has 112 valence electrons. The van der Waals surface area contributed by atoms with E-state index < -0.39 is 17.7 Å². The van der Waals surface area contributed by atoms with E-state index in [1.165, 1.54) is 19.2 Å². The molecule has 0 radical (unpaired) electrons. The van der Waals surface area contributed by atoms with E-state index in [0.29, 0.717) is 17.1 Å². The minimum absolute atomic E-state index is 0.106. The molecule has 3 nitrogen and oxygen atoms in total. The third-order valence-electron chi connectivity index (χ3n) is 3.09. The van der Waals surface area contributed by atoms with Crippen molar-refractivity contribution in [1.29, 1.82) is 0 Å². The van der Waals surface area contributed by atoms with Crippen molar-refractivity contribution in [3.63, 3.8) is 0 Å². The zero-order valence-electron chi connectivity index (χ0n) is 11.8. The Morgan fingerprint density at radius 1 is 1.19 bits per heavy atom. The van der Waals surface area contributed by atoms with Gasteiger partial charge in [-0.1, -0.05) is 12.1 Å². The summed E-state index contributed by atoms with van der Waals surface area (Å²) in [6.07, 6.45) is -0.747. The number of hydrogen-bond acceptors (Lipinski definition) is 3. The summed E-state index contributed by atoms with van der Waals surface area (Å²) in [5.41, 5.74) is 0.655. The van der Waals surface area contributed by atoms with Gasteiger partial charge in [-0.05, 0) is 25.1 Å². The quantitative estimate of drug-likeness (QED) is 0.915. The number of ether oxygens (including phenoxy) is 2. The lowest BCUT2D eigenvalue weighted by molar-refractivity contribution is 0.189. The molecule has 1 N–H and O–H groups in total. The van der Waals surface area contributed by atoms with Gasteiger partial charge in [0.05, 0.1) is 13.2 Å². The Morgan fingerprint density at radius 2 is 1.95 bits per heavy atom. The van der Waals surface area contributed by atoms with E-state index in [1.54, 1.807) is 25.1 Å². The fourth-order valence-electron chi connectivity index (χ4n) is 1.93. The van der Waals surface area contributed by atoms with Crippen LogP contribution in [0.2, 0.25) is 0 Å². The van der Waals surface area contributed by atoms with Gasteiger partial charge in [0.25, 0.3) is 0 Å². The number of aliphatic hydroxyl groups excluding tert-OH is 1. The van der Waals surface area contributed by atoms with Crippen molar-refractivity contribution in [2.75, 3.05) is 7.11 Å². The SMILES string of the molecule is COc1ccc(C(C)O)c(OCc2cccc(F)c2F)c1. The molecule has 0 spiro atoms. The van der Waals surface area contributed by atoms with E-state index in [4.69, 9.17) is 9.47 Å². The highest BCUT2D eigenvalue weighted by Gasteiger charge is 2.13. The molecule has 21 heavy (non-hydrogen) atoms. The summed E-state index contributed by atoms with van der Waals surface area (Å²) in [5.74, 6) is -0.932. The first-order valence-electron chi connectivity index (χ1n) is 6.44. The average molecular weight is 294 g/mol. The van der Waals surface area contributed by atoms with E-state index in [0.717, 1.165) is 6.07 Å². The molecule has 0 heterocycles. The fourth-order valence-corrected chi connectivity index (χ4v) is 1.93. The molecule has 0 fully saturated rings. The van der Waals surface area contributed by atoms with Crippen LogP contribution in [0.3, 0.4) is 0 Å². The molecular formula is C16H16F2O3. The largest absolute Gasteiger partial charge is 0.497 e. The molecule has 0 aromatic heterocycles. The van der Waals surface area contributed by atoms with Gasteiger partial charge < -0.3 is 14.6 Å². The summed E-state index contributed by atoms with van der Waals surface area (Å²) >= 11 is 0. The Kier molecular flexibility index (Phi) is 4.75. The third kappa shape index (κ3) is 3.49. The van der Waals surface area contributed by atoms with E-state index in [-0.39, 0.29) is 12.2 Å². The van der Waals surface area contributed by atoms with Crippen molar-refractivity contribution in [3.8, 4) is 11.5 Å². The molecule has 0 saturated carbocycles. The Balaban J connectivity index is 2.24. The highest BCUT2D eigenvalue weighted by atomic mass is 19.2. The van der Waals surface area contributed by atoms with E-state index in [2.05, 4.69) is 0 Å². The maximum absolute atomic E-state index is 13.6. The van der Waals surface area contributed by atoms with Crippen LogP contribution < -0.4 is 9.47 Å². The second-order valence-electron chi connectivity index (χ2n) is 4.58. The molecule has 1 atom stereocenters. The van der Waals surface area contributed by atoms with Crippen molar-refractivity contribution >= 4 is 0 Å². The number of aliphatic hydroxyl groups is 1. The van der Waals surface area contributed by atoms with Gasteiger partial charge in [0.2, 0.25) is 0 Å². The van der Waals surface area contributed by atoms with Gasteiger partial charge >= 0.3 is 0 Å². The first kappa shape index (κ1) is 15.3. The molecule has 0 bridgehead atoms. The minimum atomic E-state index is -0.931. The number of benzene rings is 2. The second-order valence-corrected chi connectivity index (χ2v) is 4.58. The molecule has 1 unspecified atom stereocenters. The van der Waals surface area contributed by atoms with Crippen LogP contribution in [0.5, 0.6) is 11.5 Å². The van der Waals surface area contributed by atoms with Crippen LogP contribution in [0, 0.1) is 11.6 Å². The first-order chi connectivity index (χ1) is 10.0. The van der Waals surface area contributed by atoms with Crippen molar-refractivity contribution in [3.05, 3.63) is 59.2 Å². The smallest absolute Gasteiger partial charge is 0.165 e. The molecule has 0 aliphatic heterocycles. The van der Waals surface area contributed by atoms with Gasteiger partial charge in [-0.25, -0.2) is 8.78 Å². The Hall–Kier alpha value is -2.14. The third-order valence-corrected chi connectivity index (χ3v) is 3.09. The maximum atomic E-state index is 13.6. The molecule has 5 heteroatoms. The Morgan fingerprint density at radius 3 is 2.62 bits per heavy atom. The van der Waals surface area contributed by atoms with Crippen LogP contribution in [-0.2, 0) is 6.61 Å². The van der Waals surface area contributed by atoms with E-state index in [9.17, 15) is 13.9 Å². The lowest BCUT2D eigenvalue weighted by Crippen LogP contribution is -2.04. The van der Waals surface area contributed by atoms with Crippen LogP contribution in [-0.4, -0.2) is 12.2 Å². The lowest BCUT2D eigenvalue weighted by atomic mass is 10.1. The summed E-state index contributed by atoms with van der Waals surface area (Å²) in [6.45, 7) is 1.45. The number of methoxy groups -OCH3 is 1. The number of hydrogen-bond donors (Lipinski definition) is 1. The molecule has 2 rings (SSSR count). The van der Waals surface area contributed by atoms with Crippen molar-refractivity contribution in [2.24, 2.45) is 0 Å². The van der Waals surface area contributed by atoms with Gasteiger partial charge in [0.1, 0.15) is 18.1 Å². The summed E-state index contributed by atoms with van der Waals surface area (Å²) in [6, 6.07) is 8.86. The molecule has 2 aromatic rings. The normalized spacial score (nSPS) is 12.0. The fraction of sp³-hybridized carbons (Fsp3) is 0.250. The Labute approximate surface area is 121 Å². The molecule has 0 aliphatic carbocycles. The van der Waals surface area contributed by atoms with Gasteiger partial charge in [-0.2, -0.15) is 0 Å². The summed E-state index contributed by atoms with van der Waals surface area (Å²) in [4.78, 5) is 0. The highest BCUT2D eigenvalue weighted by Crippen LogP contribution is 2.30. The predicted molar refractivity (Wildman–Crippen MR) is 74.3 cm³/mol. The zero-order chi connectivity index (χ0) is 15.4. The Bertz CT molecular complexity index is 627. The molecule has 0 amide bonds. The first-order valence-corrected chi connectivity index (χ1v) is 6.44. The highest BCUT2D eigenvalue weighted by molar-refractivity contribution is 5.42. The van der Waals surface area contributed by atoms with Gasteiger partial charge in [0.15, 0.2) is 11.6 Å². The summed E-state index contributed by atoms with van der Waals surface area (Å²) < 4.78 is 37.3. The monoisotopic (exact) mass is 294 g/mol. The van der Waals surface area contributed by atoms with Gasteiger partial charge in [-0.3, -0.25) is 0 Å². The topological polar surface area (TPSA) is 38.7 Å². The van der Waals surface area contributed by atoms with Gasteiger partial charge in [0, 0.05) is 17.2 Å². The standard InChI is InChI=1S/C16H16F2O3/c1-10(19)13-7-6-12(20-2)8-15(13)21-9-11-4-3-5-14(17)16(11)18/h3-8,10,19H,9H2,1-2H3. The average Bonchev–Trinajstić information content (AvgIpc) is 2.48. The maximum Gasteiger partial charge on any atom is 0.165 e. The number of rotatable bonds is 5. The molecule has 0 aliphatic rings. The van der Waals surface area contributed by atoms with Crippen molar-refractivity contribution in [2.45, 2.75) is 19.6 Å². The van der Waals surface area contributed by atoms with Crippen LogP contribution in [0.1, 0.15) is 24.2 Å². The minimum Gasteiger partial charge on any atom is -0.497 e. The molecule has 2 aromatic carbocycles. The predicted octanol–water partition coefficient (Wildman–Crippen LogP) is 3.61. The lowest BCUT2D eigenvalue weighted by Gasteiger charge is -2.15. The van der Waals surface area contributed by atoms with Crippen LogP contribution in [0.25, 0.3) is 0 Å². The van der Waals surface area contributed by atoms with Crippen molar-refractivity contribution < 1.29 is 23.4 Å². The van der Waals surface area contributed by atoms with Gasteiger partial charge in [-0.15, -0.1) is 0 Å². The summed E-state index contributed by atoms with van der Waals surface area (Å²) in [7, 11) is 1.51. The molecule has 0 saturated heterocycles. The van der Waals surface area contributed by atoms with Crippen molar-refractivity contribution in [1.82, 2.24) is 0 Å². The van der Waals surface area contributed by atoms with E-state index in [1.807, 2.05) is 0 Å². The van der Waals surface area contributed by atoms with E-state index >= 15 is 0 Å². The second kappa shape index (κ2) is 6.54. The van der Waals surface area contributed by atoms with Crippen LogP contribution in [0.15, 0.2) is 36.4 Å². The number of halogens is 2. The van der Waals surface area contributed by atoms with Crippen LogP contribution >= 0.6 is 0 Å². The molecular weight excluding hydrogens is 278 g/mol.